The molecule has 1 unspecified atom stereocenters. The second-order valence-electron chi connectivity index (χ2n) is 6.43. The Balaban J connectivity index is 2.28. The molecule has 0 radical (unpaired) electrons. The number of ether oxygens (including phenoxy) is 1. The number of nitrogens with one attached hydrogen (secondary N) is 2. The highest BCUT2D eigenvalue weighted by Gasteiger charge is 2.28. The van der Waals surface area contributed by atoms with E-state index in [2.05, 4.69) is 36.5 Å². The van der Waals surface area contributed by atoms with Gasteiger partial charge >= 0.3 is 5.97 Å². The van der Waals surface area contributed by atoms with Crippen molar-refractivity contribution in [1.29, 1.82) is 0 Å². The maximum absolute atomic E-state index is 12.4. The van der Waals surface area contributed by atoms with Crippen LogP contribution < -0.4 is 16.0 Å². The van der Waals surface area contributed by atoms with Gasteiger partial charge in [-0.15, -0.1) is 11.3 Å². The molecule has 1 aromatic heterocycles. The molecule has 2 rings (SSSR count). The van der Waals surface area contributed by atoms with Gasteiger partial charge in [0.05, 0.1) is 13.7 Å². The fourth-order valence-electron chi connectivity index (χ4n) is 2.98. The maximum atomic E-state index is 12.4. The average Bonchev–Trinajstić information content (AvgIpc) is 2.97. The van der Waals surface area contributed by atoms with E-state index in [4.69, 9.17) is 10.5 Å². The van der Waals surface area contributed by atoms with Gasteiger partial charge in [0.2, 0.25) is 0 Å². The summed E-state index contributed by atoms with van der Waals surface area (Å²) in [5, 5.41) is 2.94. The van der Waals surface area contributed by atoms with Gasteiger partial charge in [0.15, 0.2) is 0 Å². The number of carbonyl (C=O) groups excluding carboxylic acids is 2. The van der Waals surface area contributed by atoms with Crippen LogP contribution in [-0.4, -0.2) is 32.6 Å². The summed E-state index contributed by atoms with van der Waals surface area (Å²) in [4.78, 5) is 26.3. The number of hydrogen-bond acceptors (Lipinski definition) is 5. The monoisotopic (exact) mass is 390 g/mol. The standard InChI is InChI=1S/C20H27N3O3S/c1-5-13-7-9-14(10-8-13)11-23(4)12-15-16(20(25)26-6-2)18(21)27-17(15)19(24)22-3/h7-10H,5-6,11-12,21H2,1-4H3,(H,22,24)/p+1. The molecule has 1 amide bonds. The summed E-state index contributed by atoms with van der Waals surface area (Å²) in [6.45, 7) is 5.41. The fourth-order valence-corrected chi connectivity index (χ4v) is 4.00. The van der Waals surface area contributed by atoms with Gasteiger partial charge in [-0.25, -0.2) is 4.79 Å². The highest BCUT2D eigenvalue weighted by atomic mass is 32.1. The number of thiophene rings is 1. The van der Waals surface area contributed by atoms with Crippen molar-refractivity contribution in [2.24, 2.45) is 0 Å². The van der Waals surface area contributed by atoms with Crippen LogP contribution in [0.5, 0.6) is 0 Å². The van der Waals surface area contributed by atoms with E-state index in [1.165, 1.54) is 11.1 Å². The minimum atomic E-state index is -0.475. The molecule has 0 bridgehead atoms. The first-order valence-corrected chi connectivity index (χ1v) is 9.92. The Hall–Kier alpha value is -2.38. The topological polar surface area (TPSA) is 85.9 Å². The minimum Gasteiger partial charge on any atom is -0.462 e. The molecule has 6 nitrogen and oxygen atoms in total. The lowest BCUT2D eigenvalue weighted by Gasteiger charge is -2.16. The SMILES string of the molecule is CCOC(=O)c1c(N)sc(C(=O)NC)c1C[NH+](C)Cc1ccc(CC)cc1. The number of quaternary nitrogens is 1. The van der Waals surface area contributed by atoms with Crippen molar-refractivity contribution in [1.82, 2.24) is 5.32 Å². The molecule has 0 fully saturated rings. The van der Waals surface area contributed by atoms with Crippen molar-refractivity contribution in [3.05, 3.63) is 51.4 Å². The van der Waals surface area contributed by atoms with Crippen LogP contribution in [-0.2, 0) is 24.2 Å². The Bertz CT molecular complexity index is 800. The smallest absolute Gasteiger partial charge is 0.341 e. The van der Waals surface area contributed by atoms with Crippen molar-refractivity contribution in [3.63, 3.8) is 0 Å². The lowest BCUT2D eigenvalue weighted by atomic mass is 10.1. The van der Waals surface area contributed by atoms with E-state index in [0.29, 0.717) is 27.5 Å². The lowest BCUT2D eigenvalue weighted by Crippen LogP contribution is -3.06. The molecule has 0 aliphatic carbocycles. The van der Waals surface area contributed by atoms with Gasteiger partial charge < -0.3 is 20.7 Å². The number of rotatable bonds is 8. The summed E-state index contributed by atoms with van der Waals surface area (Å²) in [5.74, 6) is -0.714. The molecule has 27 heavy (non-hydrogen) atoms. The number of anilines is 1. The zero-order chi connectivity index (χ0) is 20.0. The number of hydrogen-bond donors (Lipinski definition) is 3. The number of nitrogens with two attached hydrogens (primary N) is 1. The number of benzene rings is 1. The molecule has 1 atom stereocenters. The molecule has 0 saturated heterocycles. The summed E-state index contributed by atoms with van der Waals surface area (Å²) < 4.78 is 5.15. The molecular formula is C20H28N3O3S+. The first-order valence-electron chi connectivity index (χ1n) is 9.10. The molecule has 0 aliphatic rings. The molecule has 146 valence electrons. The molecule has 1 heterocycles. The van der Waals surface area contributed by atoms with Crippen molar-refractivity contribution >= 4 is 28.2 Å². The number of carbonyl (C=O) groups is 2. The summed E-state index contributed by atoms with van der Waals surface area (Å²) >= 11 is 1.13. The van der Waals surface area contributed by atoms with E-state index in [-0.39, 0.29) is 12.5 Å². The van der Waals surface area contributed by atoms with Gasteiger partial charge in [-0.2, -0.15) is 0 Å². The van der Waals surface area contributed by atoms with E-state index >= 15 is 0 Å². The van der Waals surface area contributed by atoms with Crippen LogP contribution in [0.3, 0.4) is 0 Å². The normalized spacial score (nSPS) is 11.9. The van der Waals surface area contributed by atoms with Gasteiger partial charge in [-0.1, -0.05) is 31.2 Å². The van der Waals surface area contributed by atoms with Crippen molar-refractivity contribution in [2.45, 2.75) is 33.4 Å². The van der Waals surface area contributed by atoms with Crippen LogP contribution in [0.1, 0.15) is 50.6 Å². The van der Waals surface area contributed by atoms with Crippen LogP contribution >= 0.6 is 11.3 Å². The Kier molecular flexibility index (Phi) is 7.38. The molecule has 0 saturated carbocycles. The zero-order valence-corrected chi connectivity index (χ0v) is 17.2. The van der Waals surface area contributed by atoms with E-state index in [9.17, 15) is 9.59 Å². The van der Waals surface area contributed by atoms with Crippen LogP contribution in [0.25, 0.3) is 0 Å². The Morgan fingerprint density at radius 3 is 2.33 bits per heavy atom. The number of esters is 1. The summed E-state index contributed by atoms with van der Waals surface area (Å²) in [5.41, 5.74) is 9.53. The summed E-state index contributed by atoms with van der Waals surface area (Å²) in [7, 11) is 3.60. The van der Waals surface area contributed by atoms with Gasteiger partial charge in [-0.05, 0) is 18.9 Å². The summed E-state index contributed by atoms with van der Waals surface area (Å²) in [6.07, 6.45) is 1.01. The molecule has 4 N–H and O–H groups in total. The van der Waals surface area contributed by atoms with Gasteiger partial charge in [0, 0.05) is 18.2 Å². The second-order valence-corrected chi connectivity index (χ2v) is 7.48. The molecule has 0 spiro atoms. The van der Waals surface area contributed by atoms with Crippen molar-refractivity contribution in [2.75, 3.05) is 26.4 Å². The molecule has 7 heteroatoms. The van der Waals surface area contributed by atoms with E-state index in [1.807, 2.05) is 7.05 Å². The van der Waals surface area contributed by atoms with Gasteiger partial charge in [0.25, 0.3) is 5.91 Å². The van der Waals surface area contributed by atoms with Crippen molar-refractivity contribution < 1.29 is 19.2 Å². The third-order valence-corrected chi connectivity index (χ3v) is 5.42. The Morgan fingerprint density at radius 2 is 1.78 bits per heavy atom. The number of amides is 1. The largest absolute Gasteiger partial charge is 0.462 e. The lowest BCUT2D eigenvalue weighted by molar-refractivity contribution is -0.907. The first-order chi connectivity index (χ1) is 12.9. The van der Waals surface area contributed by atoms with Crippen LogP contribution in [0.4, 0.5) is 5.00 Å². The van der Waals surface area contributed by atoms with E-state index in [0.717, 1.165) is 29.2 Å². The predicted molar refractivity (Wildman–Crippen MR) is 108 cm³/mol. The first kappa shape index (κ1) is 20.9. The Labute approximate surface area is 164 Å². The number of aryl methyl sites for hydroxylation is 1. The van der Waals surface area contributed by atoms with Crippen molar-refractivity contribution in [3.8, 4) is 0 Å². The molecular weight excluding hydrogens is 362 g/mol. The molecule has 1 aromatic carbocycles. The second kappa shape index (κ2) is 9.53. The van der Waals surface area contributed by atoms with Crippen LogP contribution in [0.2, 0.25) is 0 Å². The third kappa shape index (κ3) is 5.08. The van der Waals surface area contributed by atoms with Gasteiger partial charge in [-0.3, -0.25) is 4.79 Å². The molecule has 0 aliphatic heterocycles. The molecule has 2 aromatic rings. The van der Waals surface area contributed by atoms with Gasteiger partial charge in [0.1, 0.15) is 28.5 Å². The maximum Gasteiger partial charge on any atom is 0.341 e. The average molecular weight is 391 g/mol. The van der Waals surface area contributed by atoms with Crippen LogP contribution in [0, 0.1) is 0 Å². The number of nitrogen functional groups attached to an aromatic ring is 1. The zero-order valence-electron chi connectivity index (χ0n) is 16.3. The summed E-state index contributed by atoms with van der Waals surface area (Å²) in [6, 6.07) is 8.50. The Morgan fingerprint density at radius 1 is 1.15 bits per heavy atom. The highest BCUT2D eigenvalue weighted by molar-refractivity contribution is 7.18. The fraction of sp³-hybridized carbons (Fsp3) is 0.400. The third-order valence-electron chi connectivity index (χ3n) is 4.36. The van der Waals surface area contributed by atoms with E-state index < -0.39 is 5.97 Å². The quantitative estimate of drug-likeness (QED) is 0.598. The van der Waals surface area contributed by atoms with E-state index in [1.54, 1.807) is 14.0 Å². The minimum absolute atomic E-state index is 0.239. The predicted octanol–water partition coefficient (Wildman–Crippen LogP) is 1.64. The highest BCUT2D eigenvalue weighted by Crippen LogP contribution is 2.31. The van der Waals surface area contributed by atoms with Crippen LogP contribution in [0.15, 0.2) is 24.3 Å².